The predicted molar refractivity (Wildman–Crippen MR) is 117 cm³/mol. The van der Waals surface area contributed by atoms with Crippen molar-refractivity contribution in [1.29, 1.82) is 0 Å². The Bertz CT molecular complexity index is 879. The van der Waals surface area contributed by atoms with Gasteiger partial charge in [-0.15, -0.1) is 0 Å². The number of carbonyl (C=O) groups excluding carboxylic acids is 1. The van der Waals surface area contributed by atoms with E-state index in [4.69, 9.17) is 16.6 Å². The lowest BCUT2D eigenvalue weighted by Crippen LogP contribution is -2.48. The Morgan fingerprint density at radius 2 is 2.03 bits per heavy atom. The second-order valence-electron chi connectivity index (χ2n) is 8.62. The molecule has 1 fully saturated rings. The number of halogens is 1. The first-order valence-corrected chi connectivity index (χ1v) is 10.9. The van der Waals surface area contributed by atoms with Crippen LogP contribution in [0.1, 0.15) is 48.9 Å². The number of nitrogens with zero attached hydrogens (tertiary/aromatic N) is 4. The number of benzene rings is 1. The molecule has 1 saturated heterocycles. The lowest BCUT2D eigenvalue weighted by Gasteiger charge is -2.40. The van der Waals surface area contributed by atoms with Crippen molar-refractivity contribution in [2.45, 2.75) is 50.4 Å². The molecule has 1 amide bonds. The number of piperidine rings is 1. The Hall–Kier alpha value is -2.14. The third-order valence-electron chi connectivity index (χ3n) is 6.33. The Labute approximate surface area is 178 Å². The molecule has 1 atom stereocenters. The standard InChI is InChI=1S/C23H29ClN4O/c1-27(2)22-25-15-18-11-13-23(21(18)26-22)12-4-14-28(16-23)20(29)6-3-5-17-7-9-19(24)10-8-17/h7-10,15H,3-6,11-14,16H2,1-2H3. The largest absolute Gasteiger partial charge is 0.347 e. The molecule has 4 rings (SSSR count). The third kappa shape index (κ3) is 4.25. The van der Waals surface area contributed by atoms with Crippen LogP contribution in [-0.4, -0.2) is 48.0 Å². The van der Waals surface area contributed by atoms with Gasteiger partial charge in [0, 0.05) is 50.2 Å². The fourth-order valence-corrected chi connectivity index (χ4v) is 4.87. The van der Waals surface area contributed by atoms with E-state index in [0.717, 1.165) is 62.6 Å². The van der Waals surface area contributed by atoms with Crippen molar-refractivity contribution in [1.82, 2.24) is 14.9 Å². The maximum absolute atomic E-state index is 12.9. The summed E-state index contributed by atoms with van der Waals surface area (Å²) in [6.07, 6.45) is 8.60. The minimum Gasteiger partial charge on any atom is -0.347 e. The third-order valence-corrected chi connectivity index (χ3v) is 6.58. The molecule has 1 aliphatic carbocycles. The van der Waals surface area contributed by atoms with Gasteiger partial charge in [-0.05, 0) is 61.8 Å². The fourth-order valence-electron chi connectivity index (χ4n) is 4.74. The average molecular weight is 413 g/mol. The van der Waals surface area contributed by atoms with E-state index in [9.17, 15) is 4.79 Å². The van der Waals surface area contributed by atoms with Gasteiger partial charge in [-0.2, -0.15) is 0 Å². The lowest BCUT2D eigenvalue weighted by atomic mass is 9.77. The molecule has 2 heterocycles. The molecule has 1 aromatic heterocycles. The van der Waals surface area contributed by atoms with Crippen LogP contribution in [0.3, 0.4) is 0 Å². The van der Waals surface area contributed by atoms with Gasteiger partial charge in [0.05, 0.1) is 5.69 Å². The maximum Gasteiger partial charge on any atom is 0.225 e. The first kappa shape index (κ1) is 20.1. The highest BCUT2D eigenvalue weighted by Gasteiger charge is 2.44. The number of likely N-dealkylation sites (tertiary alicyclic amines) is 1. The Morgan fingerprint density at radius 1 is 1.24 bits per heavy atom. The SMILES string of the molecule is CN(C)c1ncc2c(n1)C1(CCCN(C(=O)CCCc3ccc(Cl)cc3)C1)CC2. The summed E-state index contributed by atoms with van der Waals surface area (Å²) in [5, 5.41) is 0.751. The zero-order valence-electron chi connectivity index (χ0n) is 17.3. The minimum absolute atomic E-state index is 0.00707. The van der Waals surface area contributed by atoms with Gasteiger partial charge in [0.2, 0.25) is 11.9 Å². The summed E-state index contributed by atoms with van der Waals surface area (Å²) >= 11 is 5.95. The van der Waals surface area contributed by atoms with Crippen LogP contribution in [0.15, 0.2) is 30.5 Å². The highest BCUT2D eigenvalue weighted by atomic mass is 35.5. The van der Waals surface area contributed by atoms with E-state index in [2.05, 4.69) is 9.88 Å². The zero-order valence-corrected chi connectivity index (χ0v) is 18.1. The van der Waals surface area contributed by atoms with Crippen molar-refractivity contribution in [3.05, 3.63) is 52.3 Å². The number of fused-ring (bicyclic) bond motifs is 2. The number of aromatic nitrogens is 2. The fraction of sp³-hybridized carbons (Fsp3) is 0.522. The molecule has 6 heteroatoms. The molecule has 2 aromatic rings. The van der Waals surface area contributed by atoms with Gasteiger partial charge >= 0.3 is 0 Å². The van der Waals surface area contributed by atoms with Gasteiger partial charge in [0.25, 0.3) is 0 Å². The molecule has 0 saturated carbocycles. The molecular weight excluding hydrogens is 384 g/mol. The highest BCUT2D eigenvalue weighted by molar-refractivity contribution is 6.30. The van der Waals surface area contributed by atoms with E-state index in [1.54, 1.807) is 0 Å². The van der Waals surface area contributed by atoms with Gasteiger partial charge < -0.3 is 9.80 Å². The van der Waals surface area contributed by atoms with E-state index >= 15 is 0 Å². The summed E-state index contributed by atoms with van der Waals surface area (Å²) in [6.45, 7) is 1.66. The van der Waals surface area contributed by atoms with Crippen LogP contribution >= 0.6 is 11.6 Å². The second kappa shape index (κ2) is 8.31. The molecule has 2 aliphatic rings. The van der Waals surface area contributed by atoms with E-state index in [0.29, 0.717) is 6.42 Å². The number of amides is 1. The van der Waals surface area contributed by atoms with Crippen LogP contribution < -0.4 is 4.90 Å². The summed E-state index contributed by atoms with van der Waals surface area (Å²) in [5.74, 6) is 1.03. The second-order valence-corrected chi connectivity index (χ2v) is 9.05. The zero-order chi connectivity index (χ0) is 20.4. The number of hydrogen-bond acceptors (Lipinski definition) is 4. The van der Waals surface area contributed by atoms with Gasteiger partial charge in [-0.25, -0.2) is 9.97 Å². The van der Waals surface area contributed by atoms with Crippen LogP contribution in [0.5, 0.6) is 0 Å². The number of anilines is 1. The van der Waals surface area contributed by atoms with Gasteiger partial charge in [0.15, 0.2) is 0 Å². The smallest absolute Gasteiger partial charge is 0.225 e. The van der Waals surface area contributed by atoms with Crippen LogP contribution in [0, 0.1) is 0 Å². The van der Waals surface area contributed by atoms with Crippen molar-refractivity contribution in [3.8, 4) is 0 Å². The van der Waals surface area contributed by atoms with Crippen molar-refractivity contribution in [2.24, 2.45) is 0 Å². The Balaban J connectivity index is 1.40. The summed E-state index contributed by atoms with van der Waals surface area (Å²) in [7, 11) is 3.95. The molecular formula is C23H29ClN4O. The Morgan fingerprint density at radius 3 is 2.79 bits per heavy atom. The molecule has 154 valence electrons. The van der Waals surface area contributed by atoms with Crippen molar-refractivity contribution in [3.63, 3.8) is 0 Å². The molecule has 0 radical (unpaired) electrons. The average Bonchev–Trinajstić information content (AvgIpc) is 3.06. The van der Waals surface area contributed by atoms with Crippen molar-refractivity contribution in [2.75, 3.05) is 32.1 Å². The monoisotopic (exact) mass is 412 g/mol. The molecule has 1 aromatic carbocycles. The summed E-state index contributed by atoms with van der Waals surface area (Å²) < 4.78 is 0. The molecule has 1 unspecified atom stereocenters. The molecule has 0 bridgehead atoms. The molecule has 1 aliphatic heterocycles. The molecule has 29 heavy (non-hydrogen) atoms. The van der Waals surface area contributed by atoms with E-state index in [1.165, 1.54) is 16.8 Å². The van der Waals surface area contributed by atoms with E-state index in [-0.39, 0.29) is 11.3 Å². The summed E-state index contributed by atoms with van der Waals surface area (Å²) in [4.78, 5) is 26.3. The van der Waals surface area contributed by atoms with Gasteiger partial charge in [-0.3, -0.25) is 4.79 Å². The first-order chi connectivity index (χ1) is 14.0. The van der Waals surface area contributed by atoms with Crippen LogP contribution in [0.25, 0.3) is 0 Å². The van der Waals surface area contributed by atoms with E-state index < -0.39 is 0 Å². The topological polar surface area (TPSA) is 49.3 Å². The highest BCUT2D eigenvalue weighted by Crippen LogP contribution is 2.44. The Kier molecular flexibility index (Phi) is 5.77. The number of aryl methyl sites for hydroxylation is 2. The van der Waals surface area contributed by atoms with Crippen LogP contribution in [-0.2, 0) is 23.1 Å². The number of carbonyl (C=O) groups is 1. The minimum atomic E-state index is 0.00707. The molecule has 1 spiro atoms. The predicted octanol–water partition coefficient (Wildman–Crippen LogP) is 4.03. The summed E-state index contributed by atoms with van der Waals surface area (Å²) in [6, 6.07) is 7.91. The first-order valence-electron chi connectivity index (χ1n) is 10.5. The molecule has 5 nitrogen and oxygen atoms in total. The van der Waals surface area contributed by atoms with Gasteiger partial charge in [-0.1, -0.05) is 23.7 Å². The summed E-state index contributed by atoms with van der Waals surface area (Å²) in [5.41, 5.74) is 3.67. The lowest BCUT2D eigenvalue weighted by molar-refractivity contribution is -0.133. The van der Waals surface area contributed by atoms with Crippen molar-refractivity contribution < 1.29 is 4.79 Å². The maximum atomic E-state index is 12.9. The van der Waals surface area contributed by atoms with Crippen LogP contribution in [0.2, 0.25) is 5.02 Å². The normalized spacial score (nSPS) is 20.7. The number of hydrogen-bond donors (Lipinski definition) is 0. The van der Waals surface area contributed by atoms with Gasteiger partial charge in [0.1, 0.15) is 0 Å². The van der Waals surface area contributed by atoms with Crippen LogP contribution in [0.4, 0.5) is 5.95 Å². The van der Waals surface area contributed by atoms with E-state index in [1.807, 2.05) is 49.5 Å². The molecule has 0 N–H and O–H groups in total. The van der Waals surface area contributed by atoms with Crippen molar-refractivity contribution >= 4 is 23.5 Å². The quantitative estimate of drug-likeness (QED) is 0.744. The number of rotatable bonds is 5.